The van der Waals surface area contributed by atoms with Crippen LogP contribution in [0.4, 0.5) is 10.5 Å². The Bertz CT molecular complexity index is 1030. The van der Waals surface area contributed by atoms with Gasteiger partial charge in [0, 0.05) is 18.3 Å². The minimum atomic E-state index is -0.176. The van der Waals surface area contributed by atoms with Crippen LogP contribution in [0.1, 0.15) is 49.4 Å². The van der Waals surface area contributed by atoms with Crippen LogP contribution in [0.5, 0.6) is 0 Å². The van der Waals surface area contributed by atoms with Gasteiger partial charge in [-0.15, -0.1) is 0 Å². The smallest absolute Gasteiger partial charge is 0.315 e. The minimum absolute atomic E-state index is 0.137. The van der Waals surface area contributed by atoms with E-state index in [0.717, 1.165) is 29.2 Å². The molecule has 1 fully saturated rings. The van der Waals surface area contributed by atoms with E-state index in [1.165, 1.54) is 21.9 Å². The lowest BCUT2D eigenvalue weighted by Gasteiger charge is -2.23. The van der Waals surface area contributed by atoms with E-state index >= 15 is 0 Å². The number of fused-ring (bicyclic) bond motifs is 1. The molecule has 1 unspecified atom stereocenters. The highest BCUT2D eigenvalue weighted by Crippen LogP contribution is 2.34. The van der Waals surface area contributed by atoms with Crippen LogP contribution in [-0.4, -0.2) is 32.1 Å². The van der Waals surface area contributed by atoms with Crippen LogP contribution >= 0.6 is 11.3 Å². The van der Waals surface area contributed by atoms with Crippen molar-refractivity contribution >= 4 is 28.0 Å². The average Bonchev–Trinajstić information content (AvgIpc) is 3.29. The number of likely N-dealkylation sites (tertiary alicyclic amines) is 1. The molecule has 3 heterocycles. The van der Waals surface area contributed by atoms with Crippen molar-refractivity contribution in [2.75, 3.05) is 11.9 Å². The number of carbonyl (C=O) groups is 1. The maximum Gasteiger partial charge on any atom is 0.322 e. The van der Waals surface area contributed by atoms with Gasteiger partial charge in [0.25, 0.3) is 5.56 Å². The second-order valence-corrected chi connectivity index (χ2v) is 7.94. The van der Waals surface area contributed by atoms with Crippen LogP contribution in [0.2, 0.25) is 0 Å². The molecule has 1 N–H and O–H groups in total. The molecular formula is C19H21N5O2S. The lowest BCUT2D eigenvalue weighted by atomic mass is 10.1. The van der Waals surface area contributed by atoms with Crippen LogP contribution in [0.25, 0.3) is 4.96 Å². The standard InChI is InChI=1S/C19H21N5O2S/c1-12(2)14-11-16(25)24-19(21-14)27-17(22-24)15-9-6-10-23(15)18(26)20-13-7-4-3-5-8-13/h3-5,7-8,11-12,15H,6,9-10H2,1-2H3,(H,20,26). The molecule has 1 atom stereocenters. The number of anilines is 1. The van der Waals surface area contributed by atoms with Gasteiger partial charge in [0.1, 0.15) is 5.01 Å². The van der Waals surface area contributed by atoms with Crippen molar-refractivity contribution in [3.05, 3.63) is 57.5 Å². The quantitative estimate of drug-likeness (QED) is 0.749. The number of carbonyl (C=O) groups excluding carboxylic acids is 1. The van der Waals surface area contributed by atoms with Gasteiger partial charge in [-0.2, -0.15) is 9.61 Å². The van der Waals surface area contributed by atoms with Crippen LogP contribution in [0, 0.1) is 0 Å². The van der Waals surface area contributed by atoms with Crippen LogP contribution < -0.4 is 10.9 Å². The second kappa shape index (κ2) is 7.11. The zero-order valence-corrected chi connectivity index (χ0v) is 16.1. The Morgan fingerprint density at radius 1 is 1.30 bits per heavy atom. The number of hydrogen-bond donors (Lipinski definition) is 1. The molecule has 0 radical (unpaired) electrons. The first-order valence-corrected chi connectivity index (χ1v) is 9.88. The number of benzene rings is 1. The number of para-hydroxylation sites is 1. The molecule has 8 heteroatoms. The third-order valence-corrected chi connectivity index (χ3v) is 5.71. The maximum atomic E-state index is 12.7. The number of nitrogens with one attached hydrogen (secondary N) is 1. The van der Waals surface area contributed by atoms with Crippen molar-refractivity contribution in [1.29, 1.82) is 0 Å². The van der Waals surface area contributed by atoms with Crippen molar-refractivity contribution in [2.45, 2.75) is 38.6 Å². The van der Waals surface area contributed by atoms with Gasteiger partial charge in [-0.05, 0) is 30.9 Å². The van der Waals surface area contributed by atoms with Gasteiger partial charge >= 0.3 is 6.03 Å². The molecule has 140 valence electrons. The summed E-state index contributed by atoms with van der Waals surface area (Å²) in [4.78, 5) is 32.0. The zero-order valence-electron chi connectivity index (χ0n) is 15.3. The minimum Gasteiger partial charge on any atom is -0.315 e. The molecule has 7 nitrogen and oxygen atoms in total. The van der Waals surface area contributed by atoms with Crippen LogP contribution in [0.3, 0.4) is 0 Å². The average molecular weight is 383 g/mol. The molecule has 0 saturated carbocycles. The van der Waals surface area contributed by atoms with Crippen molar-refractivity contribution in [2.24, 2.45) is 0 Å². The number of urea groups is 1. The Kier molecular flexibility index (Phi) is 4.65. The van der Waals surface area contributed by atoms with Crippen molar-refractivity contribution in [1.82, 2.24) is 19.5 Å². The molecule has 2 amide bonds. The first kappa shape index (κ1) is 17.7. The lowest BCUT2D eigenvalue weighted by molar-refractivity contribution is 0.206. The van der Waals surface area contributed by atoms with E-state index < -0.39 is 0 Å². The Morgan fingerprint density at radius 3 is 2.81 bits per heavy atom. The van der Waals surface area contributed by atoms with Crippen LogP contribution in [-0.2, 0) is 0 Å². The highest BCUT2D eigenvalue weighted by atomic mass is 32.1. The van der Waals surface area contributed by atoms with Gasteiger partial charge in [-0.1, -0.05) is 43.4 Å². The van der Waals surface area contributed by atoms with E-state index in [-0.39, 0.29) is 23.6 Å². The zero-order chi connectivity index (χ0) is 19.0. The summed E-state index contributed by atoms with van der Waals surface area (Å²) in [7, 11) is 0. The molecule has 0 bridgehead atoms. The molecule has 2 aromatic heterocycles. The molecule has 1 aliphatic heterocycles. The summed E-state index contributed by atoms with van der Waals surface area (Å²) in [6.07, 6.45) is 1.73. The van der Waals surface area contributed by atoms with E-state index in [1.54, 1.807) is 4.90 Å². The fourth-order valence-corrected chi connectivity index (χ4v) is 4.32. The number of rotatable bonds is 3. The molecule has 4 rings (SSSR count). The van der Waals surface area contributed by atoms with Gasteiger partial charge in [-0.25, -0.2) is 9.78 Å². The molecule has 1 aliphatic rings. The molecular weight excluding hydrogens is 362 g/mol. The Hall–Kier alpha value is -2.74. The van der Waals surface area contributed by atoms with E-state index in [4.69, 9.17) is 0 Å². The molecule has 0 aliphatic carbocycles. The van der Waals surface area contributed by atoms with E-state index in [9.17, 15) is 9.59 Å². The third-order valence-electron chi connectivity index (χ3n) is 4.70. The van der Waals surface area contributed by atoms with Gasteiger partial charge in [0.2, 0.25) is 4.96 Å². The summed E-state index contributed by atoms with van der Waals surface area (Å²) in [5.41, 5.74) is 1.35. The summed E-state index contributed by atoms with van der Waals surface area (Å²) in [6, 6.07) is 10.6. The highest BCUT2D eigenvalue weighted by molar-refractivity contribution is 7.16. The topological polar surface area (TPSA) is 79.6 Å². The number of nitrogens with zero attached hydrogens (tertiary/aromatic N) is 4. The normalized spacial score (nSPS) is 17.0. The summed E-state index contributed by atoms with van der Waals surface area (Å²) in [5, 5.41) is 8.16. The number of aromatic nitrogens is 3. The SMILES string of the molecule is CC(C)c1cc(=O)n2nc(C3CCCN3C(=O)Nc3ccccc3)sc2n1. The van der Waals surface area contributed by atoms with Gasteiger partial charge in [0.15, 0.2) is 0 Å². The Morgan fingerprint density at radius 2 is 2.07 bits per heavy atom. The van der Waals surface area contributed by atoms with Crippen molar-refractivity contribution < 1.29 is 4.79 Å². The summed E-state index contributed by atoms with van der Waals surface area (Å²) in [5.74, 6) is 0.174. The number of amides is 2. The second-order valence-electron chi connectivity index (χ2n) is 6.96. The van der Waals surface area contributed by atoms with E-state index in [1.807, 2.05) is 44.2 Å². The fraction of sp³-hybridized carbons (Fsp3) is 0.368. The fourth-order valence-electron chi connectivity index (χ4n) is 3.26. The predicted octanol–water partition coefficient (Wildman–Crippen LogP) is 3.64. The summed E-state index contributed by atoms with van der Waals surface area (Å²) < 4.78 is 1.34. The first-order chi connectivity index (χ1) is 13.0. The lowest BCUT2D eigenvalue weighted by Crippen LogP contribution is -2.34. The first-order valence-electron chi connectivity index (χ1n) is 9.06. The van der Waals surface area contributed by atoms with Gasteiger partial charge < -0.3 is 10.2 Å². The number of hydrogen-bond acceptors (Lipinski definition) is 5. The molecule has 0 spiro atoms. The predicted molar refractivity (Wildman–Crippen MR) is 105 cm³/mol. The summed E-state index contributed by atoms with van der Waals surface area (Å²) in [6.45, 7) is 4.68. The van der Waals surface area contributed by atoms with Crippen LogP contribution in [0.15, 0.2) is 41.2 Å². The van der Waals surface area contributed by atoms with Gasteiger partial charge in [-0.3, -0.25) is 4.79 Å². The Labute approximate surface area is 160 Å². The van der Waals surface area contributed by atoms with Crippen molar-refractivity contribution in [3.63, 3.8) is 0 Å². The monoisotopic (exact) mass is 383 g/mol. The molecule has 1 aromatic carbocycles. The molecule has 1 saturated heterocycles. The Balaban J connectivity index is 1.62. The highest BCUT2D eigenvalue weighted by Gasteiger charge is 2.33. The van der Waals surface area contributed by atoms with Gasteiger partial charge in [0.05, 0.1) is 11.7 Å². The molecule has 3 aromatic rings. The maximum absolute atomic E-state index is 12.7. The largest absolute Gasteiger partial charge is 0.322 e. The van der Waals surface area contributed by atoms with E-state index in [0.29, 0.717) is 11.5 Å². The van der Waals surface area contributed by atoms with Crippen molar-refractivity contribution in [3.8, 4) is 0 Å². The van der Waals surface area contributed by atoms with E-state index in [2.05, 4.69) is 15.4 Å². The third kappa shape index (κ3) is 3.44. The molecule has 27 heavy (non-hydrogen) atoms. The summed E-state index contributed by atoms with van der Waals surface area (Å²) >= 11 is 1.39.